The normalized spacial score (nSPS) is 10.3. The van der Waals surface area contributed by atoms with E-state index in [1.807, 2.05) is 24.3 Å². The first kappa shape index (κ1) is 12.3. The fraction of sp³-hybridized carbons (Fsp3) is 0.0769. The topological polar surface area (TPSA) is 29.5 Å². The lowest BCUT2D eigenvalue weighted by atomic mass is 10.2. The van der Waals surface area contributed by atoms with Crippen LogP contribution in [0.25, 0.3) is 0 Å². The number of benzene rings is 2. The van der Waals surface area contributed by atoms with Crippen LogP contribution in [-0.2, 0) is 6.61 Å². The predicted molar refractivity (Wildman–Crippen MR) is 71.6 cm³/mol. The minimum atomic E-state index is -0.419. The third-order valence-corrected chi connectivity index (χ3v) is 2.88. The third-order valence-electron chi connectivity index (χ3n) is 2.16. The average Bonchev–Trinajstić information content (AvgIpc) is 2.31. The summed E-state index contributed by atoms with van der Waals surface area (Å²) < 4.78 is 19.8. The number of halogens is 2. The van der Waals surface area contributed by atoms with Gasteiger partial charge in [-0.3, -0.25) is 0 Å². The quantitative estimate of drug-likeness (QED) is 0.861. The molecule has 0 radical (unpaired) electrons. The molecular formula is C13H10FIO2. The highest BCUT2D eigenvalue weighted by molar-refractivity contribution is 14.1. The lowest BCUT2D eigenvalue weighted by Gasteiger charge is -2.07. The molecule has 17 heavy (non-hydrogen) atoms. The van der Waals surface area contributed by atoms with Crippen LogP contribution in [0.2, 0.25) is 0 Å². The van der Waals surface area contributed by atoms with E-state index in [0.29, 0.717) is 17.1 Å². The summed E-state index contributed by atoms with van der Waals surface area (Å²) in [5, 5.41) is 8.97. The molecule has 0 amide bonds. The number of rotatable bonds is 3. The molecule has 0 spiro atoms. The van der Waals surface area contributed by atoms with E-state index < -0.39 is 5.82 Å². The van der Waals surface area contributed by atoms with Gasteiger partial charge in [0.05, 0.1) is 6.61 Å². The Morgan fingerprint density at radius 1 is 1.06 bits per heavy atom. The van der Waals surface area contributed by atoms with E-state index in [1.54, 1.807) is 6.07 Å². The highest BCUT2D eigenvalue weighted by Gasteiger charge is 2.02. The van der Waals surface area contributed by atoms with Gasteiger partial charge in [0.25, 0.3) is 0 Å². The van der Waals surface area contributed by atoms with Crippen LogP contribution in [0.4, 0.5) is 4.39 Å². The van der Waals surface area contributed by atoms with E-state index in [2.05, 4.69) is 22.6 Å². The second-order valence-electron chi connectivity index (χ2n) is 3.51. The molecule has 0 saturated carbocycles. The molecule has 0 aromatic heterocycles. The van der Waals surface area contributed by atoms with Crippen LogP contribution in [0, 0.1) is 9.39 Å². The van der Waals surface area contributed by atoms with Gasteiger partial charge in [0, 0.05) is 9.64 Å². The van der Waals surface area contributed by atoms with Gasteiger partial charge in [-0.15, -0.1) is 0 Å². The van der Waals surface area contributed by atoms with Crippen molar-refractivity contribution in [2.24, 2.45) is 0 Å². The van der Waals surface area contributed by atoms with Crippen LogP contribution >= 0.6 is 22.6 Å². The molecule has 0 atom stereocenters. The summed E-state index contributed by atoms with van der Waals surface area (Å²) in [5.41, 5.74) is 0.491. The van der Waals surface area contributed by atoms with Crippen LogP contribution in [0.1, 0.15) is 5.56 Å². The third kappa shape index (κ3) is 3.41. The highest BCUT2D eigenvalue weighted by atomic mass is 127. The maximum absolute atomic E-state index is 13.2. The van der Waals surface area contributed by atoms with Crippen molar-refractivity contribution in [3.05, 3.63) is 57.4 Å². The van der Waals surface area contributed by atoms with Crippen molar-refractivity contribution >= 4 is 22.6 Å². The molecule has 4 heteroatoms. The van der Waals surface area contributed by atoms with Crippen molar-refractivity contribution in [3.8, 4) is 11.5 Å². The van der Waals surface area contributed by atoms with Crippen LogP contribution in [0.15, 0.2) is 42.5 Å². The van der Waals surface area contributed by atoms with Gasteiger partial charge in [-0.05, 0) is 64.6 Å². The Labute approximate surface area is 112 Å². The van der Waals surface area contributed by atoms with Crippen LogP contribution in [-0.4, -0.2) is 5.11 Å². The Hall–Kier alpha value is -1.14. The number of aliphatic hydroxyl groups is 1. The van der Waals surface area contributed by atoms with Crippen molar-refractivity contribution in [1.82, 2.24) is 0 Å². The first-order valence-electron chi connectivity index (χ1n) is 5.01. The summed E-state index contributed by atoms with van der Waals surface area (Å²) in [4.78, 5) is 0. The molecule has 2 nitrogen and oxygen atoms in total. The standard InChI is InChI=1S/C13H10FIO2/c14-10-5-9(8-16)6-13(7-10)17-12-3-1-11(15)2-4-12/h1-7,16H,8H2. The van der Waals surface area contributed by atoms with Gasteiger partial charge in [0.2, 0.25) is 0 Å². The first-order valence-corrected chi connectivity index (χ1v) is 6.09. The van der Waals surface area contributed by atoms with E-state index in [1.165, 1.54) is 12.1 Å². The molecule has 0 unspecified atom stereocenters. The van der Waals surface area contributed by atoms with Crippen LogP contribution in [0.3, 0.4) is 0 Å². The summed E-state index contributed by atoms with van der Waals surface area (Å²) in [5.74, 6) is 0.604. The smallest absolute Gasteiger partial charge is 0.130 e. The second kappa shape index (κ2) is 5.46. The number of hydrogen-bond acceptors (Lipinski definition) is 2. The second-order valence-corrected chi connectivity index (χ2v) is 4.75. The summed E-state index contributed by atoms with van der Waals surface area (Å²) >= 11 is 2.20. The van der Waals surface area contributed by atoms with Gasteiger partial charge in [0.1, 0.15) is 17.3 Å². The molecule has 2 rings (SSSR count). The molecule has 0 bridgehead atoms. The first-order chi connectivity index (χ1) is 8.17. The molecular weight excluding hydrogens is 334 g/mol. The molecule has 0 saturated heterocycles. The van der Waals surface area contributed by atoms with Crippen molar-refractivity contribution in [1.29, 1.82) is 0 Å². The monoisotopic (exact) mass is 344 g/mol. The Morgan fingerprint density at radius 2 is 1.76 bits per heavy atom. The maximum Gasteiger partial charge on any atom is 0.130 e. The fourth-order valence-electron chi connectivity index (χ4n) is 1.41. The zero-order chi connectivity index (χ0) is 12.3. The summed E-state index contributed by atoms with van der Waals surface area (Å²) in [6, 6.07) is 11.6. The van der Waals surface area contributed by atoms with Gasteiger partial charge in [-0.2, -0.15) is 0 Å². The number of hydrogen-bond donors (Lipinski definition) is 1. The van der Waals surface area contributed by atoms with Crippen LogP contribution in [0.5, 0.6) is 11.5 Å². The summed E-state index contributed by atoms with van der Waals surface area (Å²) in [6.07, 6.45) is 0. The van der Waals surface area contributed by atoms with Crippen molar-refractivity contribution in [2.75, 3.05) is 0 Å². The fourth-order valence-corrected chi connectivity index (χ4v) is 1.77. The zero-order valence-electron chi connectivity index (χ0n) is 8.86. The zero-order valence-corrected chi connectivity index (χ0v) is 11.0. The Balaban J connectivity index is 2.23. The lowest BCUT2D eigenvalue weighted by molar-refractivity contribution is 0.280. The van der Waals surface area contributed by atoms with Gasteiger partial charge >= 0.3 is 0 Å². The van der Waals surface area contributed by atoms with Crippen molar-refractivity contribution in [2.45, 2.75) is 6.61 Å². The van der Waals surface area contributed by atoms with E-state index in [9.17, 15) is 4.39 Å². The van der Waals surface area contributed by atoms with Gasteiger partial charge in [-0.1, -0.05) is 0 Å². The Morgan fingerprint density at radius 3 is 2.41 bits per heavy atom. The molecule has 2 aromatic rings. The molecule has 0 heterocycles. The molecule has 88 valence electrons. The number of ether oxygens (including phenoxy) is 1. The minimum Gasteiger partial charge on any atom is -0.457 e. The minimum absolute atomic E-state index is 0.208. The summed E-state index contributed by atoms with van der Waals surface area (Å²) in [6.45, 7) is -0.208. The van der Waals surface area contributed by atoms with Crippen molar-refractivity contribution in [3.63, 3.8) is 0 Å². The molecule has 1 N–H and O–H groups in total. The molecule has 0 aliphatic carbocycles. The molecule has 0 aliphatic rings. The Bertz CT molecular complexity index is 511. The maximum atomic E-state index is 13.2. The van der Waals surface area contributed by atoms with E-state index in [4.69, 9.17) is 9.84 Å². The van der Waals surface area contributed by atoms with Gasteiger partial charge in [0.15, 0.2) is 0 Å². The molecule has 2 aromatic carbocycles. The van der Waals surface area contributed by atoms with E-state index >= 15 is 0 Å². The van der Waals surface area contributed by atoms with E-state index in [-0.39, 0.29) is 6.61 Å². The summed E-state index contributed by atoms with van der Waals surface area (Å²) in [7, 11) is 0. The lowest BCUT2D eigenvalue weighted by Crippen LogP contribution is -1.90. The molecule has 0 fully saturated rings. The van der Waals surface area contributed by atoms with E-state index in [0.717, 1.165) is 3.57 Å². The highest BCUT2D eigenvalue weighted by Crippen LogP contribution is 2.24. The van der Waals surface area contributed by atoms with Gasteiger partial charge < -0.3 is 9.84 Å². The SMILES string of the molecule is OCc1cc(F)cc(Oc2ccc(I)cc2)c1. The van der Waals surface area contributed by atoms with Crippen molar-refractivity contribution < 1.29 is 14.2 Å². The largest absolute Gasteiger partial charge is 0.457 e. The average molecular weight is 344 g/mol. The molecule has 0 aliphatic heterocycles. The van der Waals surface area contributed by atoms with Gasteiger partial charge in [-0.25, -0.2) is 4.39 Å². The van der Waals surface area contributed by atoms with Crippen LogP contribution < -0.4 is 4.74 Å². The number of aliphatic hydroxyl groups excluding tert-OH is 1. The predicted octanol–water partition coefficient (Wildman–Crippen LogP) is 3.71. The Kier molecular flexibility index (Phi) is 3.96.